The topological polar surface area (TPSA) is 40.5 Å². The summed E-state index contributed by atoms with van der Waals surface area (Å²) in [6, 6.07) is 6.30. The minimum absolute atomic E-state index is 0.185. The zero-order chi connectivity index (χ0) is 14.7. The Balaban J connectivity index is 1.99. The molecule has 4 heteroatoms. The number of aliphatic hydroxyl groups excluding tert-OH is 1. The van der Waals surface area contributed by atoms with Crippen LogP contribution in [0.1, 0.15) is 30.9 Å². The molecule has 3 nitrogen and oxygen atoms in total. The van der Waals surface area contributed by atoms with Crippen LogP contribution in [0.2, 0.25) is 0 Å². The van der Waals surface area contributed by atoms with Crippen molar-refractivity contribution in [3.05, 3.63) is 33.8 Å². The zero-order valence-electron chi connectivity index (χ0n) is 12.1. The van der Waals surface area contributed by atoms with E-state index in [1.807, 2.05) is 30.0 Å². The fourth-order valence-corrected chi connectivity index (χ4v) is 3.25. The summed E-state index contributed by atoms with van der Waals surface area (Å²) in [6.45, 7) is 5.11. The molecule has 1 heterocycles. The lowest BCUT2D eigenvalue weighted by Crippen LogP contribution is -2.45. The molecule has 1 aliphatic rings. The van der Waals surface area contributed by atoms with Crippen molar-refractivity contribution >= 4 is 21.8 Å². The number of hydrogen-bond acceptors (Lipinski definition) is 2. The minimum Gasteiger partial charge on any atom is -0.396 e. The average molecular weight is 340 g/mol. The molecular formula is C16H22BrNO2. The molecule has 0 radical (unpaired) electrons. The summed E-state index contributed by atoms with van der Waals surface area (Å²) >= 11 is 3.51. The second kappa shape index (κ2) is 6.72. The third-order valence-electron chi connectivity index (χ3n) is 4.15. The largest absolute Gasteiger partial charge is 0.396 e. The highest BCUT2D eigenvalue weighted by Gasteiger charge is 2.28. The van der Waals surface area contributed by atoms with Gasteiger partial charge >= 0.3 is 0 Å². The standard InChI is InChI=1S/C16H22BrNO2/c1-11-3-4-13(8-15(11)17)9-16(20)18-6-5-14(10-19)7-12(18)2/h3-4,8,12,14,19H,5-7,9-10H2,1-2H3/t12-,14-/m0/s1. The van der Waals surface area contributed by atoms with Crippen molar-refractivity contribution in [2.75, 3.05) is 13.2 Å². The molecular weight excluding hydrogens is 318 g/mol. The number of nitrogens with zero attached hydrogens (tertiary/aromatic N) is 1. The highest BCUT2D eigenvalue weighted by atomic mass is 79.9. The first-order valence-electron chi connectivity index (χ1n) is 7.16. The highest BCUT2D eigenvalue weighted by molar-refractivity contribution is 9.10. The number of aliphatic hydroxyl groups is 1. The van der Waals surface area contributed by atoms with Gasteiger partial charge in [0.05, 0.1) is 6.42 Å². The molecule has 20 heavy (non-hydrogen) atoms. The molecule has 2 atom stereocenters. The number of carbonyl (C=O) groups excluding carboxylic acids is 1. The van der Waals surface area contributed by atoms with Crippen molar-refractivity contribution in [1.29, 1.82) is 0 Å². The molecule has 1 aliphatic heterocycles. The van der Waals surface area contributed by atoms with Gasteiger partial charge in [0.2, 0.25) is 5.91 Å². The number of hydrogen-bond donors (Lipinski definition) is 1. The van der Waals surface area contributed by atoms with Crippen LogP contribution in [-0.2, 0) is 11.2 Å². The van der Waals surface area contributed by atoms with Gasteiger partial charge in [0.1, 0.15) is 0 Å². The number of amides is 1. The molecule has 0 unspecified atom stereocenters. The Morgan fingerprint density at radius 2 is 2.25 bits per heavy atom. The molecule has 2 rings (SSSR count). The predicted octanol–water partition coefficient (Wildman–Crippen LogP) is 2.92. The molecule has 1 aromatic carbocycles. The number of benzene rings is 1. The summed E-state index contributed by atoms with van der Waals surface area (Å²) in [7, 11) is 0. The molecule has 1 saturated heterocycles. The first kappa shape index (κ1) is 15.5. The Morgan fingerprint density at radius 1 is 1.50 bits per heavy atom. The third kappa shape index (κ3) is 3.61. The summed E-state index contributed by atoms with van der Waals surface area (Å²) in [5.41, 5.74) is 2.22. The first-order valence-corrected chi connectivity index (χ1v) is 7.96. The van der Waals surface area contributed by atoms with E-state index in [9.17, 15) is 9.90 Å². The van der Waals surface area contributed by atoms with Gasteiger partial charge < -0.3 is 10.0 Å². The maximum atomic E-state index is 12.4. The van der Waals surface area contributed by atoms with E-state index in [0.29, 0.717) is 12.3 Å². The van der Waals surface area contributed by atoms with Gasteiger partial charge in [-0.1, -0.05) is 28.1 Å². The van der Waals surface area contributed by atoms with Gasteiger partial charge in [-0.3, -0.25) is 4.79 Å². The van der Waals surface area contributed by atoms with Crippen molar-refractivity contribution in [2.45, 2.75) is 39.2 Å². The van der Waals surface area contributed by atoms with Crippen molar-refractivity contribution in [3.63, 3.8) is 0 Å². The molecule has 0 aliphatic carbocycles. The summed E-state index contributed by atoms with van der Waals surface area (Å²) in [5.74, 6) is 0.534. The Hall–Kier alpha value is -0.870. The smallest absolute Gasteiger partial charge is 0.227 e. The van der Waals surface area contributed by atoms with Crippen LogP contribution in [0.25, 0.3) is 0 Å². The van der Waals surface area contributed by atoms with Crippen LogP contribution < -0.4 is 0 Å². The van der Waals surface area contributed by atoms with Gasteiger partial charge in [-0.15, -0.1) is 0 Å². The lowest BCUT2D eigenvalue weighted by atomic mass is 9.92. The van der Waals surface area contributed by atoms with Crippen LogP contribution >= 0.6 is 15.9 Å². The molecule has 0 bridgehead atoms. The van der Waals surface area contributed by atoms with Crippen molar-refractivity contribution in [3.8, 4) is 0 Å². The van der Waals surface area contributed by atoms with Gasteiger partial charge in [0, 0.05) is 23.7 Å². The number of aryl methyl sites for hydroxylation is 1. The van der Waals surface area contributed by atoms with Crippen LogP contribution in [0.15, 0.2) is 22.7 Å². The number of likely N-dealkylation sites (tertiary alicyclic amines) is 1. The normalized spacial score (nSPS) is 22.9. The SMILES string of the molecule is Cc1ccc(CC(=O)N2CC[C@H](CO)C[C@@H]2C)cc1Br. The van der Waals surface area contributed by atoms with E-state index in [2.05, 4.69) is 22.9 Å². The molecule has 0 spiro atoms. The van der Waals surface area contributed by atoms with Crippen molar-refractivity contribution in [1.82, 2.24) is 4.90 Å². The molecule has 0 aromatic heterocycles. The molecule has 1 aromatic rings. The summed E-state index contributed by atoms with van der Waals surface area (Å²) in [4.78, 5) is 14.4. The van der Waals surface area contributed by atoms with E-state index >= 15 is 0 Å². The Kier molecular flexibility index (Phi) is 5.22. The minimum atomic E-state index is 0.185. The van der Waals surface area contributed by atoms with Crippen LogP contribution in [0.4, 0.5) is 0 Å². The van der Waals surface area contributed by atoms with Gasteiger partial charge in [-0.25, -0.2) is 0 Å². The molecule has 1 amide bonds. The van der Waals surface area contributed by atoms with Crippen LogP contribution in [0, 0.1) is 12.8 Å². The Labute approximate surface area is 129 Å². The summed E-state index contributed by atoms with van der Waals surface area (Å²) in [6.07, 6.45) is 2.26. The number of rotatable bonds is 3. The van der Waals surface area contributed by atoms with Crippen molar-refractivity contribution < 1.29 is 9.90 Å². The number of piperidine rings is 1. The molecule has 110 valence electrons. The fraction of sp³-hybridized carbons (Fsp3) is 0.562. The van der Waals surface area contributed by atoms with Crippen molar-refractivity contribution in [2.24, 2.45) is 5.92 Å². The second-order valence-corrected chi connectivity index (χ2v) is 6.62. The Bertz CT molecular complexity index is 489. The zero-order valence-corrected chi connectivity index (χ0v) is 13.7. The van der Waals surface area contributed by atoms with Gasteiger partial charge in [-0.2, -0.15) is 0 Å². The van der Waals surface area contributed by atoms with E-state index in [1.54, 1.807) is 0 Å². The summed E-state index contributed by atoms with van der Waals surface area (Å²) < 4.78 is 1.05. The van der Waals surface area contributed by atoms with Gasteiger partial charge in [0.15, 0.2) is 0 Å². The lowest BCUT2D eigenvalue weighted by molar-refractivity contribution is -0.134. The molecule has 1 N–H and O–H groups in total. The first-order chi connectivity index (χ1) is 9.51. The molecule has 1 fully saturated rings. The van der Waals surface area contributed by atoms with E-state index in [4.69, 9.17) is 0 Å². The van der Waals surface area contributed by atoms with Crippen LogP contribution in [0.3, 0.4) is 0 Å². The second-order valence-electron chi connectivity index (χ2n) is 5.77. The Morgan fingerprint density at radius 3 is 2.85 bits per heavy atom. The average Bonchev–Trinajstić information content (AvgIpc) is 2.42. The van der Waals surface area contributed by atoms with Crippen LogP contribution in [-0.4, -0.2) is 35.1 Å². The van der Waals surface area contributed by atoms with E-state index in [0.717, 1.165) is 29.4 Å². The quantitative estimate of drug-likeness (QED) is 0.919. The third-order valence-corrected chi connectivity index (χ3v) is 5.01. The lowest BCUT2D eigenvalue weighted by Gasteiger charge is -2.37. The van der Waals surface area contributed by atoms with E-state index < -0.39 is 0 Å². The van der Waals surface area contributed by atoms with Gasteiger partial charge in [-0.05, 0) is 49.8 Å². The van der Waals surface area contributed by atoms with Gasteiger partial charge in [0.25, 0.3) is 0 Å². The fourth-order valence-electron chi connectivity index (χ4n) is 2.83. The monoisotopic (exact) mass is 339 g/mol. The van der Waals surface area contributed by atoms with E-state index in [-0.39, 0.29) is 18.6 Å². The van der Waals surface area contributed by atoms with E-state index in [1.165, 1.54) is 5.56 Å². The number of carbonyl (C=O) groups is 1. The maximum absolute atomic E-state index is 12.4. The number of halogens is 1. The maximum Gasteiger partial charge on any atom is 0.227 e. The predicted molar refractivity (Wildman–Crippen MR) is 83.6 cm³/mol. The molecule has 0 saturated carbocycles. The van der Waals surface area contributed by atoms with Crippen LogP contribution in [0.5, 0.6) is 0 Å². The highest BCUT2D eigenvalue weighted by Crippen LogP contribution is 2.24. The summed E-state index contributed by atoms with van der Waals surface area (Å²) in [5, 5.41) is 9.22.